The second kappa shape index (κ2) is 5.45. The number of likely N-dealkylation sites (tertiary alicyclic amines) is 1. The Labute approximate surface area is 135 Å². The summed E-state index contributed by atoms with van der Waals surface area (Å²) in [6, 6.07) is 8.18. The van der Waals surface area contributed by atoms with Gasteiger partial charge in [-0.3, -0.25) is 25.1 Å². The Morgan fingerprint density at radius 2 is 1.43 bits per heavy atom. The first kappa shape index (κ1) is 15.7. The van der Waals surface area contributed by atoms with Crippen LogP contribution in [0.3, 0.4) is 0 Å². The Hall–Kier alpha value is -2.21. The second-order valence-corrected chi connectivity index (χ2v) is 6.97. The second-order valence-electron chi connectivity index (χ2n) is 6.97. The van der Waals surface area contributed by atoms with Crippen LogP contribution in [0.15, 0.2) is 30.3 Å². The number of piperidine rings is 1. The van der Waals surface area contributed by atoms with Crippen LogP contribution in [0.2, 0.25) is 0 Å². The first-order valence-corrected chi connectivity index (χ1v) is 7.84. The average Bonchev–Trinajstić information content (AvgIpc) is 2.49. The van der Waals surface area contributed by atoms with E-state index in [0.29, 0.717) is 18.7 Å². The van der Waals surface area contributed by atoms with Crippen LogP contribution in [-0.4, -0.2) is 35.8 Å². The van der Waals surface area contributed by atoms with Crippen LogP contribution in [0.5, 0.6) is 0 Å². The topological polar surface area (TPSA) is 78.5 Å². The molecule has 0 aromatic heterocycles. The van der Waals surface area contributed by atoms with E-state index < -0.39 is 23.4 Å². The van der Waals surface area contributed by atoms with Crippen molar-refractivity contribution in [2.24, 2.45) is 5.41 Å². The standard InChI is InChI=1S/C17H21N3O3/c1-16(2)8-10-20(11-9-16)17(12-6-4-3-5-7-12)13(21)18-15(23)19-14(17)22/h3-7H,8-11H2,1-2H3,(H2,18,19,21,22,23). The normalized spacial score (nSPS) is 24.0. The zero-order valence-electron chi connectivity index (χ0n) is 13.4. The van der Waals surface area contributed by atoms with Gasteiger partial charge in [0.2, 0.25) is 5.54 Å². The van der Waals surface area contributed by atoms with E-state index in [1.54, 1.807) is 24.3 Å². The molecule has 23 heavy (non-hydrogen) atoms. The highest BCUT2D eigenvalue weighted by atomic mass is 16.2. The fourth-order valence-electron chi connectivity index (χ4n) is 3.38. The predicted octanol–water partition coefficient (Wildman–Crippen LogP) is 1.37. The van der Waals surface area contributed by atoms with Crippen molar-refractivity contribution in [3.05, 3.63) is 35.9 Å². The molecule has 122 valence electrons. The number of amides is 4. The Morgan fingerprint density at radius 1 is 0.913 bits per heavy atom. The van der Waals surface area contributed by atoms with Gasteiger partial charge >= 0.3 is 6.03 Å². The lowest BCUT2D eigenvalue weighted by Crippen LogP contribution is -2.72. The van der Waals surface area contributed by atoms with E-state index >= 15 is 0 Å². The molecule has 6 heteroatoms. The van der Waals surface area contributed by atoms with E-state index in [-0.39, 0.29) is 5.41 Å². The lowest BCUT2D eigenvalue weighted by atomic mass is 9.78. The molecule has 0 saturated carbocycles. The third-order valence-electron chi connectivity index (χ3n) is 4.89. The molecule has 1 aromatic carbocycles. The van der Waals surface area contributed by atoms with E-state index in [0.717, 1.165) is 12.8 Å². The van der Waals surface area contributed by atoms with Crippen molar-refractivity contribution in [1.29, 1.82) is 0 Å². The summed E-state index contributed by atoms with van der Waals surface area (Å²) in [5.74, 6) is -1.14. The number of hydrogen-bond acceptors (Lipinski definition) is 4. The third kappa shape index (κ3) is 2.53. The van der Waals surface area contributed by atoms with Crippen LogP contribution in [0.1, 0.15) is 32.3 Å². The van der Waals surface area contributed by atoms with Gasteiger partial charge in [0, 0.05) is 13.1 Å². The molecule has 0 unspecified atom stereocenters. The van der Waals surface area contributed by atoms with Crippen LogP contribution < -0.4 is 10.6 Å². The molecular formula is C17H21N3O3. The number of nitrogens with one attached hydrogen (secondary N) is 2. The number of urea groups is 1. The fraction of sp³-hybridized carbons (Fsp3) is 0.471. The summed E-state index contributed by atoms with van der Waals surface area (Å²) in [5.41, 5.74) is -0.709. The largest absolute Gasteiger partial charge is 0.328 e. The van der Waals surface area contributed by atoms with Crippen molar-refractivity contribution in [3.8, 4) is 0 Å². The molecule has 4 amide bonds. The molecule has 0 aliphatic carbocycles. The first-order chi connectivity index (χ1) is 10.9. The summed E-state index contributed by atoms with van der Waals surface area (Å²) in [6.45, 7) is 5.61. The fourth-order valence-corrected chi connectivity index (χ4v) is 3.38. The van der Waals surface area contributed by atoms with Crippen molar-refractivity contribution in [2.75, 3.05) is 13.1 Å². The van der Waals surface area contributed by atoms with Crippen LogP contribution in [0, 0.1) is 5.41 Å². The van der Waals surface area contributed by atoms with Crippen LogP contribution in [0.4, 0.5) is 4.79 Å². The van der Waals surface area contributed by atoms with Gasteiger partial charge in [0.05, 0.1) is 0 Å². The first-order valence-electron chi connectivity index (χ1n) is 7.84. The van der Waals surface area contributed by atoms with E-state index in [1.165, 1.54) is 0 Å². The summed E-state index contributed by atoms with van der Waals surface area (Å²) >= 11 is 0. The molecule has 6 nitrogen and oxygen atoms in total. The molecule has 3 rings (SSSR count). The molecule has 2 saturated heterocycles. The molecule has 2 heterocycles. The number of barbiturate groups is 1. The van der Waals surface area contributed by atoms with Crippen molar-refractivity contribution in [1.82, 2.24) is 15.5 Å². The van der Waals surface area contributed by atoms with Gasteiger partial charge in [-0.05, 0) is 23.8 Å². The summed E-state index contributed by atoms with van der Waals surface area (Å²) in [5, 5.41) is 4.53. The van der Waals surface area contributed by atoms with Gasteiger partial charge in [0.1, 0.15) is 0 Å². The maximum absolute atomic E-state index is 12.8. The number of hydrogen-bond donors (Lipinski definition) is 2. The van der Waals surface area contributed by atoms with E-state index in [1.807, 2.05) is 11.0 Å². The van der Waals surface area contributed by atoms with Gasteiger partial charge in [-0.1, -0.05) is 44.2 Å². The van der Waals surface area contributed by atoms with Crippen molar-refractivity contribution in [3.63, 3.8) is 0 Å². The number of nitrogens with zero attached hydrogens (tertiary/aromatic N) is 1. The lowest BCUT2D eigenvalue weighted by molar-refractivity contribution is -0.150. The van der Waals surface area contributed by atoms with Crippen LogP contribution >= 0.6 is 0 Å². The number of benzene rings is 1. The SMILES string of the molecule is CC1(C)CCN(C2(c3ccccc3)C(=O)NC(=O)NC2=O)CC1. The zero-order valence-corrected chi connectivity index (χ0v) is 13.4. The zero-order chi connectivity index (χ0) is 16.7. The van der Waals surface area contributed by atoms with Crippen molar-refractivity contribution >= 4 is 17.8 Å². The predicted molar refractivity (Wildman–Crippen MR) is 84.4 cm³/mol. The molecule has 0 spiro atoms. The summed E-state index contributed by atoms with van der Waals surface area (Å²) < 4.78 is 0. The molecule has 2 fully saturated rings. The Kier molecular flexibility index (Phi) is 3.72. The number of carbonyl (C=O) groups excluding carboxylic acids is 3. The molecule has 1 aromatic rings. The monoisotopic (exact) mass is 315 g/mol. The van der Waals surface area contributed by atoms with E-state index in [4.69, 9.17) is 0 Å². The minimum atomic E-state index is -1.48. The van der Waals surface area contributed by atoms with Gasteiger partial charge in [-0.15, -0.1) is 0 Å². The average molecular weight is 315 g/mol. The molecule has 2 aliphatic heterocycles. The summed E-state index contributed by atoms with van der Waals surface area (Å²) in [6.07, 6.45) is 1.77. The Morgan fingerprint density at radius 3 is 1.96 bits per heavy atom. The number of imide groups is 2. The van der Waals surface area contributed by atoms with Crippen molar-refractivity contribution in [2.45, 2.75) is 32.2 Å². The molecule has 0 atom stereocenters. The Balaban J connectivity index is 2.06. The van der Waals surface area contributed by atoms with Gasteiger partial charge in [0.15, 0.2) is 0 Å². The van der Waals surface area contributed by atoms with E-state index in [2.05, 4.69) is 24.5 Å². The molecule has 2 aliphatic rings. The molecule has 0 bridgehead atoms. The van der Waals surface area contributed by atoms with Gasteiger partial charge < -0.3 is 0 Å². The number of carbonyl (C=O) groups is 3. The molecule has 0 radical (unpaired) electrons. The number of rotatable bonds is 2. The highest BCUT2D eigenvalue weighted by Gasteiger charge is 2.56. The minimum Gasteiger partial charge on any atom is -0.278 e. The van der Waals surface area contributed by atoms with Crippen LogP contribution in [0.25, 0.3) is 0 Å². The summed E-state index contributed by atoms with van der Waals surface area (Å²) in [4.78, 5) is 38.9. The van der Waals surface area contributed by atoms with Gasteiger partial charge in [-0.25, -0.2) is 4.79 Å². The third-order valence-corrected chi connectivity index (χ3v) is 4.89. The molecule has 2 N–H and O–H groups in total. The highest BCUT2D eigenvalue weighted by molar-refractivity contribution is 6.22. The minimum absolute atomic E-state index is 0.186. The lowest BCUT2D eigenvalue weighted by Gasteiger charge is -2.47. The maximum atomic E-state index is 12.8. The highest BCUT2D eigenvalue weighted by Crippen LogP contribution is 2.38. The quantitative estimate of drug-likeness (QED) is 0.808. The Bertz CT molecular complexity index is 624. The summed E-state index contributed by atoms with van der Waals surface area (Å²) in [7, 11) is 0. The van der Waals surface area contributed by atoms with Gasteiger partial charge in [0.25, 0.3) is 11.8 Å². The molecular weight excluding hydrogens is 294 g/mol. The smallest absolute Gasteiger partial charge is 0.278 e. The van der Waals surface area contributed by atoms with Crippen molar-refractivity contribution < 1.29 is 14.4 Å². The van der Waals surface area contributed by atoms with Crippen LogP contribution in [-0.2, 0) is 15.1 Å². The maximum Gasteiger partial charge on any atom is 0.328 e. The van der Waals surface area contributed by atoms with Gasteiger partial charge in [-0.2, -0.15) is 0 Å². The van der Waals surface area contributed by atoms with E-state index in [9.17, 15) is 14.4 Å².